The molecule has 6 rings (SSSR count). The molecule has 14 nitrogen and oxygen atoms in total. The van der Waals surface area contributed by atoms with Gasteiger partial charge in [-0.15, -0.1) is 13.2 Å². The summed E-state index contributed by atoms with van der Waals surface area (Å²) in [5.41, 5.74) is 1.02. The molecule has 1 aliphatic carbocycles. The van der Waals surface area contributed by atoms with Gasteiger partial charge in [0.2, 0.25) is 0 Å². The van der Waals surface area contributed by atoms with Crippen molar-refractivity contribution < 1.29 is 60.8 Å². The van der Waals surface area contributed by atoms with Gasteiger partial charge in [0.05, 0.1) is 28.7 Å². The summed E-state index contributed by atoms with van der Waals surface area (Å²) in [6, 6.07) is 22.3. The number of alkyl halides is 3. The zero-order valence-electron chi connectivity index (χ0n) is 31.6. The van der Waals surface area contributed by atoms with Gasteiger partial charge in [-0.1, -0.05) is 37.5 Å². The fourth-order valence-corrected chi connectivity index (χ4v) is 5.38. The molecule has 6 amide bonds. The first-order chi connectivity index (χ1) is 29.0. The predicted octanol–water partition coefficient (Wildman–Crippen LogP) is 10.1. The monoisotopic (exact) mass is 853 g/mol. The fourth-order valence-electron chi connectivity index (χ4n) is 5.38. The van der Waals surface area contributed by atoms with Crippen molar-refractivity contribution >= 4 is 46.5 Å². The molecule has 61 heavy (non-hydrogen) atoms. The molecule has 0 aliphatic heterocycles. The molecule has 0 atom stereocenters. The van der Waals surface area contributed by atoms with E-state index in [4.69, 9.17) is 5.26 Å². The number of hydrogen-bond acceptors (Lipinski definition) is 8. The van der Waals surface area contributed by atoms with E-state index in [1.165, 1.54) is 55.0 Å². The van der Waals surface area contributed by atoms with E-state index in [0.29, 0.717) is 11.3 Å². The second kappa shape index (κ2) is 21.8. The summed E-state index contributed by atoms with van der Waals surface area (Å²) >= 11 is 0. The largest absolute Gasteiger partial charge is 0.573 e. The van der Waals surface area contributed by atoms with Gasteiger partial charge < -0.3 is 52.0 Å². The number of carbonyl (C=O) groups is 3. The number of urea groups is 3. The summed E-state index contributed by atoms with van der Waals surface area (Å²) < 4.78 is 79.0. The number of rotatable bonds is 7. The summed E-state index contributed by atoms with van der Waals surface area (Å²) in [6.45, 7) is 0. The van der Waals surface area contributed by atoms with E-state index < -0.39 is 64.9 Å². The highest BCUT2D eigenvalue weighted by atomic mass is 19.4. The summed E-state index contributed by atoms with van der Waals surface area (Å²) in [6.07, 6.45) is 0.600. The van der Waals surface area contributed by atoms with Crippen LogP contribution < -0.4 is 36.6 Å². The number of amides is 6. The maximum atomic E-state index is 13.1. The number of hydrogen-bond donors (Lipinski definition) is 9. The number of para-hydroxylation sites is 3. The van der Waals surface area contributed by atoms with Crippen LogP contribution in [-0.2, 0) is 0 Å². The lowest BCUT2D eigenvalue weighted by Crippen LogP contribution is -2.39. The van der Waals surface area contributed by atoms with Crippen LogP contribution in [0.25, 0.3) is 0 Å². The summed E-state index contributed by atoms with van der Waals surface area (Å²) in [5.74, 6) is -4.79. The molecule has 5 aromatic rings. The number of nitriles is 1. The van der Waals surface area contributed by atoms with Crippen LogP contribution in [0.2, 0.25) is 0 Å². The Morgan fingerprint density at radius 2 is 0.967 bits per heavy atom. The number of carbonyl (C=O) groups excluding carboxylic acids is 3. The first-order valence-corrected chi connectivity index (χ1v) is 18.0. The SMILES string of the molecule is N#Cc1ccc(NC(=O)Nc2cccc(F)c2O)cc1.O=C(Nc1ccc(OC(F)(F)F)cc1)Nc1cccc(F)c1O.O=C(Nc1cccc(F)c1O)NC1CCCCC1. The maximum Gasteiger partial charge on any atom is 0.573 e. The highest BCUT2D eigenvalue weighted by Gasteiger charge is 2.31. The Morgan fingerprint density at radius 3 is 1.36 bits per heavy atom. The minimum atomic E-state index is -4.80. The van der Waals surface area contributed by atoms with Crippen molar-refractivity contribution in [3.63, 3.8) is 0 Å². The second-order valence-electron chi connectivity index (χ2n) is 12.8. The molecule has 1 fully saturated rings. The zero-order valence-corrected chi connectivity index (χ0v) is 31.6. The van der Waals surface area contributed by atoms with Crippen LogP contribution in [0.3, 0.4) is 0 Å². The van der Waals surface area contributed by atoms with Gasteiger partial charge in [-0.05, 0) is 97.8 Å². The van der Waals surface area contributed by atoms with Crippen LogP contribution in [0, 0.1) is 28.8 Å². The van der Waals surface area contributed by atoms with Crippen LogP contribution in [-0.4, -0.2) is 45.8 Å². The molecule has 5 aromatic carbocycles. The molecule has 0 heterocycles. The van der Waals surface area contributed by atoms with Crippen LogP contribution in [0.5, 0.6) is 23.0 Å². The standard InChI is InChI=1S/C14H10F4N2O3.C14H10FN3O2.C13H17FN2O2/c15-10-2-1-3-11(12(10)21)20-13(22)19-8-4-6-9(7-5-8)23-14(16,17)18;15-11-2-1-3-12(13(11)19)18-14(20)17-10-6-4-9(8-16)5-7-10;14-10-7-4-8-11(12(10)17)16-13(18)15-9-5-2-1-3-6-9/h1-7,21H,(H2,19,20,22);1-7,19H,(H2,17,18,20);4,7-9,17H,1-3,5-6H2,(H2,15,16,18). The van der Waals surface area contributed by atoms with Gasteiger partial charge in [0, 0.05) is 17.4 Å². The Bertz CT molecular complexity index is 2320. The fraction of sp³-hybridized carbons (Fsp3) is 0.171. The van der Waals surface area contributed by atoms with Crippen molar-refractivity contribution in [2.24, 2.45) is 0 Å². The maximum absolute atomic E-state index is 13.1. The topological polar surface area (TPSA) is 217 Å². The van der Waals surface area contributed by atoms with E-state index in [1.54, 1.807) is 24.3 Å². The number of ether oxygens (including phenoxy) is 1. The first kappa shape index (κ1) is 45.9. The average Bonchev–Trinajstić information content (AvgIpc) is 3.21. The number of phenols is 3. The third kappa shape index (κ3) is 15.1. The predicted molar refractivity (Wildman–Crippen MR) is 213 cm³/mol. The lowest BCUT2D eigenvalue weighted by molar-refractivity contribution is -0.274. The molecule has 0 saturated heterocycles. The number of aromatic hydroxyl groups is 3. The van der Waals surface area contributed by atoms with Crippen molar-refractivity contribution in [2.45, 2.75) is 44.5 Å². The number of benzene rings is 5. The molecule has 0 aromatic heterocycles. The third-order valence-electron chi connectivity index (χ3n) is 8.26. The van der Waals surface area contributed by atoms with E-state index >= 15 is 0 Å². The van der Waals surface area contributed by atoms with Crippen molar-refractivity contribution in [2.75, 3.05) is 26.6 Å². The second-order valence-corrected chi connectivity index (χ2v) is 12.8. The average molecular weight is 854 g/mol. The van der Waals surface area contributed by atoms with Crippen molar-refractivity contribution in [1.82, 2.24) is 5.32 Å². The Balaban J connectivity index is 0.000000203. The summed E-state index contributed by atoms with van der Waals surface area (Å²) in [4.78, 5) is 35.1. The normalized spacial score (nSPS) is 12.1. The van der Waals surface area contributed by atoms with Crippen molar-refractivity contribution in [1.29, 1.82) is 5.26 Å². The molecule has 1 saturated carbocycles. The number of nitrogens with one attached hydrogen (secondary N) is 6. The van der Waals surface area contributed by atoms with E-state index in [2.05, 4.69) is 36.6 Å². The molecule has 0 radical (unpaired) electrons. The lowest BCUT2D eigenvalue weighted by atomic mass is 9.96. The van der Waals surface area contributed by atoms with E-state index in [9.17, 15) is 56.0 Å². The summed E-state index contributed by atoms with van der Waals surface area (Å²) in [5, 5.41) is 51.5. The van der Waals surface area contributed by atoms with Crippen LogP contribution in [0.1, 0.15) is 37.7 Å². The minimum Gasteiger partial charge on any atom is -0.503 e. The Morgan fingerprint density at radius 1 is 0.574 bits per heavy atom. The molecule has 0 bridgehead atoms. The van der Waals surface area contributed by atoms with E-state index in [-0.39, 0.29) is 28.8 Å². The smallest absolute Gasteiger partial charge is 0.503 e. The van der Waals surface area contributed by atoms with E-state index in [0.717, 1.165) is 56.0 Å². The number of phenolic OH excluding ortho intramolecular Hbond substituents is 3. The minimum absolute atomic E-state index is 0.0313. The number of anilines is 5. The number of nitrogens with zero attached hydrogens (tertiary/aromatic N) is 1. The molecular weight excluding hydrogens is 816 g/mol. The van der Waals surface area contributed by atoms with Crippen LogP contribution >= 0.6 is 0 Å². The van der Waals surface area contributed by atoms with Gasteiger partial charge in [0.15, 0.2) is 34.7 Å². The van der Waals surface area contributed by atoms with Crippen molar-refractivity contribution in [3.8, 4) is 29.1 Å². The summed E-state index contributed by atoms with van der Waals surface area (Å²) in [7, 11) is 0. The molecule has 1 aliphatic rings. The van der Waals surface area contributed by atoms with Crippen LogP contribution in [0.15, 0.2) is 103 Å². The highest BCUT2D eigenvalue weighted by Crippen LogP contribution is 2.29. The molecule has 20 heteroatoms. The lowest BCUT2D eigenvalue weighted by Gasteiger charge is -2.22. The molecular formula is C41H37F6N7O7. The van der Waals surface area contributed by atoms with Gasteiger partial charge in [0.25, 0.3) is 0 Å². The Labute approximate surface area is 343 Å². The molecule has 9 N–H and O–H groups in total. The van der Waals surface area contributed by atoms with Gasteiger partial charge in [0.1, 0.15) is 5.75 Å². The molecule has 0 spiro atoms. The van der Waals surface area contributed by atoms with Gasteiger partial charge >= 0.3 is 24.5 Å². The Hall–Kier alpha value is -7.82. The van der Waals surface area contributed by atoms with Gasteiger partial charge in [-0.3, -0.25) is 0 Å². The van der Waals surface area contributed by atoms with Crippen molar-refractivity contribution in [3.05, 3.63) is 126 Å². The Kier molecular flexibility index (Phi) is 16.4. The van der Waals surface area contributed by atoms with E-state index in [1.807, 2.05) is 6.07 Å². The van der Waals surface area contributed by atoms with Gasteiger partial charge in [-0.2, -0.15) is 5.26 Å². The van der Waals surface area contributed by atoms with Crippen LogP contribution in [0.4, 0.5) is 69.2 Å². The zero-order chi connectivity index (χ0) is 44.5. The number of halogens is 6. The first-order valence-electron chi connectivity index (χ1n) is 18.0. The third-order valence-corrected chi connectivity index (χ3v) is 8.26. The molecule has 0 unspecified atom stereocenters. The van der Waals surface area contributed by atoms with Gasteiger partial charge in [-0.25, -0.2) is 27.6 Å². The highest BCUT2D eigenvalue weighted by molar-refractivity contribution is 6.01. The molecule has 320 valence electrons. The quantitative estimate of drug-likeness (QED) is 0.0566.